The molecule has 0 amide bonds. The largest absolute Gasteiger partial charge is 0.349 e. The van der Waals surface area contributed by atoms with Gasteiger partial charge in [-0.1, -0.05) is 43.3 Å². The first-order chi connectivity index (χ1) is 9.40. The van der Waals surface area contributed by atoms with Crippen LogP contribution in [0.2, 0.25) is 0 Å². The third kappa shape index (κ3) is 2.30. The van der Waals surface area contributed by atoms with E-state index in [9.17, 15) is 0 Å². The van der Waals surface area contributed by atoms with E-state index in [1.165, 1.54) is 11.4 Å². The first-order valence-electron chi connectivity index (χ1n) is 7.03. The highest BCUT2D eigenvalue weighted by molar-refractivity contribution is 5.56. The van der Waals surface area contributed by atoms with Crippen molar-refractivity contribution in [2.75, 3.05) is 22.9 Å². The molecule has 0 saturated carbocycles. The van der Waals surface area contributed by atoms with Crippen LogP contribution in [0.3, 0.4) is 0 Å². The Hall–Kier alpha value is -1.96. The van der Waals surface area contributed by atoms with Crippen LogP contribution in [0, 0.1) is 0 Å². The van der Waals surface area contributed by atoms with Gasteiger partial charge < -0.3 is 9.80 Å². The highest BCUT2D eigenvalue weighted by Crippen LogP contribution is 2.29. The highest BCUT2D eigenvalue weighted by Gasteiger charge is 2.30. The number of anilines is 2. The molecule has 1 heterocycles. The monoisotopic (exact) mass is 252 g/mol. The quantitative estimate of drug-likeness (QED) is 0.821. The lowest BCUT2D eigenvalue weighted by molar-refractivity contribution is 0.645. The van der Waals surface area contributed by atoms with Gasteiger partial charge in [0.25, 0.3) is 0 Å². The molecule has 0 aromatic heterocycles. The van der Waals surface area contributed by atoms with Crippen LogP contribution in [0.5, 0.6) is 0 Å². The predicted octanol–water partition coefficient (Wildman–Crippen LogP) is 3.75. The van der Waals surface area contributed by atoms with E-state index in [1.807, 2.05) is 0 Å². The average molecular weight is 252 g/mol. The van der Waals surface area contributed by atoms with Gasteiger partial charge in [0.15, 0.2) is 0 Å². The summed E-state index contributed by atoms with van der Waals surface area (Å²) in [5.41, 5.74) is 2.65. The van der Waals surface area contributed by atoms with E-state index in [1.54, 1.807) is 0 Å². The van der Waals surface area contributed by atoms with Crippen molar-refractivity contribution in [3.63, 3.8) is 0 Å². The molecule has 98 valence electrons. The summed E-state index contributed by atoms with van der Waals surface area (Å²) in [6, 6.07) is 21.5. The molecule has 1 saturated heterocycles. The molecule has 0 spiro atoms. The lowest BCUT2D eigenvalue weighted by atomic mass is 10.2. The normalized spacial score (nSPS) is 16.1. The van der Waals surface area contributed by atoms with Crippen LogP contribution in [-0.2, 0) is 0 Å². The molecule has 3 rings (SSSR count). The van der Waals surface area contributed by atoms with Gasteiger partial charge in [-0.3, -0.25) is 0 Å². The van der Waals surface area contributed by atoms with Gasteiger partial charge in [-0.2, -0.15) is 0 Å². The molecule has 1 fully saturated rings. The minimum Gasteiger partial charge on any atom is -0.349 e. The number of nitrogens with zero attached hydrogens (tertiary/aromatic N) is 2. The third-order valence-corrected chi connectivity index (χ3v) is 3.84. The van der Waals surface area contributed by atoms with E-state index in [4.69, 9.17) is 0 Å². The molecule has 0 atom stereocenters. The molecule has 19 heavy (non-hydrogen) atoms. The molecule has 1 aliphatic heterocycles. The number of para-hydroxylation sites is 2. The zero-order valence-corrected chi connectivity index (χ0v) is 11.4. The summed E-state index contributed by atoms with van der Waals surface area (Å²) in [7, 11) is 0. The molecule has 0 bridgehead atoms. The molecule has 2 heteroatoms. The summed E-state index contributed by atoms with van der Waals surface area (Å²) in [6.45, 7) is 4.46. The summed E-state index contributed by atoms with van der Waals surface area (Å²) in [5, 5.41) is 0. The molecular formula is C17H20N2. The molecule has 0 radical (unpaired) electrons. The second-order valence-corrected chi connectivity index (χ2v) is 4.95. The maximum absolute atomic E-state index is 2.51. The van der Waals surface area contributed by atoms with Crippen LogP contribution < -0.4 is 9.80 Å². The predicted molar refractivity (Wildman–Crippen MR) is 81.7 cm³/mol. The van der Waals surface area contributed by atoms with Crippen LogP contribution in [0.15, 0.2) is 60.7 Å². The van der Waals surface area contributed by atoms with E-state index >= 15 is 0 Å². The second-order valence-electron chi connectivity index (χ2n) is 4.95. The Morgan fingerprint density at radius 3 is 1.58 bits per heavy atom. The van der Waals surface area contributed by atoms with Gasteiger partial charge >= 0.3 is 0 Å². The van der Waals surface area contributed by atoms with Gasteiger partial charge in [-0.05, 0) is 30.7 Å². The van der Waals surface area contributed by atoms with Gasteiger partial charge in [-0.25, -0.2) is 0 Å². The Labute approximate surface area is 115 Å². The van der Waals surface area contributed by atoms with Gasteiger partial charge in [0.05, 0.1) is 0 Å². The van der Waals surface area contributed by atoms with Gasteiger partial charge in [0, 0.05) is 24.5 Å². The number of hydrogen-bond donors (Lipinski definition) is 0. The fraction of sp³-hybridized carbons (Fsp3) is 0.294. The van der Waals surface area contributed by atoms with Crippen molar-refractivity contribution in [1.82, 2.24) is 0 Å². The Morgan fingerprint density at radius 1 is 0.789 bits per heavy atom. The smallest absolute Gasteiger partial charge is 0.101 e. The summed E-state index contributed by atoms with van der Waals surface area (Å²) in [4.78, 5) is 5.01. The summed E-state index contributed by atoms with van der Waals surface area (Å²) in [6.07, 6.45) is 1.59. The SMILES string of the molecule is CCC1N(c2ccccc2)CCN1c1ccccc1. The molecule has 0 aliphatic carbocycles. The van der Waals surface area contributed by atoms with E-state index in [-0.39, 0.29) is 0 Å². The first kappa shape index (κ1) is 12.1. The van der Waals surface area contributed by atoms with Crippen LogP contribution in [0.4, 0.5) is 11.4 Å². The fourth-order valence-corrected chi connectivity index (χ4v) is 2.96. The van der Waals surface area contributed by atoms with Gasteiger partial charge in [0.1, 0.15) is 6.17 Å². The summed E-state index contributed by atoms with van der Waals surface area (Å²) < 4.78 is 0. The lowest BCUT2D eigenvalue weighted by Gasteiger charge is -2.32. The Kier molecular flexibility index (Phi) is 3.41. The van der Waals surface area contributed by atoms with Crippen molar-refractivity contribution in [2.45, 2.75) is 19.5 Å². The van der Waals surface area contributed by atoms with Crippen LogP contribution >= 0.6 is 0 Å². The summed E-state index contributed by atoms with van der Waals surface area (Å²) >= 11 is 0. The van der Waals surface area contributed by atoms with Crippen molar-refractivity contribution in [3.05, 3.63) is 60.7 Å². The molecular weight excluding hydrogens is 232 g/mol. The Morgan fingerprint density at radius 2 is 1.21 bits per heavy atom. The van der Waals surface area contributed by atoms with Crippen molar-refractivity contribution in [2.24, 2.45) is 0 Å². The zero-order chi connectivity index (χ0) is 13.1. The lowest BCUT2D eigenvalue weighted by Crippen LogP contribution is -2.38. The van der Waals surface area contributed by atoms with Crippen molar-refractivity contribution >= 4 is 11.4 Å². The third-order valence-electron chi connectivity index (χ3n) is 3.84. The summed E-state index contributed by atoms with van der Waals surface area (Å²) in [5.74, 6) is 0. The van der Waals surface area contributed by atoms with Crippen molar-refractivity contribution in [1.29, 1.82) is 0 Å². The topological polar surface area (TPSA) is 6.48 Å². The Balaban J connectivity index is 1.87. The van der Waals surface area contributed by atoms with E-state index in [0.717, 1.165) is 19.5 Å². The van der Waals surface area contributed by atoms with Crippen LogP contribution in [-0.4, -0.2) is 19.3 Å². The molecule has 0 N–H and O–H groups in total. The minimum atomic E-state index is 0.463. The standard InChI is InChI=1S/C17H20N2/c1-2-17-18(15-9-5-3-6-10-15)13-14-19(17)16-11-7-4-8-12-16/h3-12,17H,2,13-14H2,1H3. The number of rotatable bonds is 3. The minimum absolute atomic E-state index is 0.463. The van der Waals surface area contributed by atoms with E-state index in [2.05, 4.69) is 77.4 Å². The van der Waals surface area contributed by atoms with Crippen LogP contribution in [0.1, 0.15) is 13.3 Å². The number of benzene rings is 2. The van der Waals surface area contributed by atoms with Crippen molar-refractivity contribution < 1.29 is 0 Å². The van der Waals surface area contributed by atoms with Gasteiger partial charge in [-0.15, -0.1) is 0 Å². The zero-order valence-electron chi connectivity index (χ0n) is 11.4. The first-order valence-corrected chi connectivity index (χ1v) is 7.03. The molecule has 2 aromatic carbocycles. The average Bonchev–Trinajstić information content (AvgIpc) is 2.93. The molecule has 1 aliphatic rings. The van der Waals surface area contributed by atoms with Crippen molar-refractivity contribution in [3.8, 4) is 0 Å². The Bertz CT molecular complexity index is 462. The van der Waals surface area contributed by atoms with Crippen LogP contribution in [0.25, 0.3) is 0 Å². The van der Waals surface area contributed by atoms with E-state index < -0.39 is 0 Å². The number of hydrogen-bond acceptors (Lipinski definition) is 2. The highest BCUT2D eigenvalue weighted by atomic mass is 15.4. The maximum Gasteiger partial charge on any atom is 0.101 e. The molecule has 0 unspecified atom stereocenters. The fourth-order valence-electron chi connectivity index (χ4n) is 2.96. The van der Waals surface area contributed by atoms with Gasteiger partial charge in [0.2, 0.25) is 0 Å². The maximum atomic E-state index is 2.51. The molecule has 2 nitrogen and oxygen atoms in total. The second kappa shape index (κ2) is 5.35. The molecule has 2 aromatic rings. The van der Waals surface area contributed by atoms with E-state index in [0.29, 0.717) is 6.17 Å².